The Morgan fingerprint density at radius 1 is 1.29 bits per heavy atom. The zero-order valence-electron chi connectivity index (χ0n) is 12.5. The van der Waals surface area contributed by atoms with Gasteiger partial charge in [0.1, 0.15) is 0 Å². The lowest BCUT2D eigenvalue weighted by atomic mass is 10.1. The number of benzene rings is 1. The average Bonchev–Trinajstić information content (AvgIpc) is 2.47. The highest BCUT2D eigenvalue weighted by Crippen LogP contribution is 2.27. The number of carboxylic acids is 1. The molecule has 1 fully saturated rings. The van der Waals surface area contributed by atoms with Gasteiger partial charge in [-0.15, -0.1) is 0 Å². The first kappa shape index (κ1) is 16.3. The molecule has 0 aromatic heterocycles. The van der Waals surface area contributed by atoms with Crippen LogP contribution in [0.25, 0.3) is 0 Å². The van der Waals surface area contributed by atoms with Gasteiger partial charge < -0.3 is 10.0 Å². The fraction of sp³-hybridized carbons (Fsp3) is 0.562. The highest BCUT2D eigenvalue weighted by molar-refractivity contribution is 6.31. The molecule has 116 valence electrons. The third kappa shape index (κ3) is 4.70. The zero-order valence-corrected chi connectivity index (χ0v) is 13.2. The summed E-state index contributed by atoms with van der Waals surface area (Å²) in [5.74, 6) is -0.707. The molecule has 1 atom stereocenters. The Morgan fingerprint density at radius 2 is 1.95 bits per heavy atom. The number of carbonyl (C=O) groups is 1. The number of aliphatic carboxylic acids is 1. The van der Waals surface area contributed by atoms with Gasteiger partial charge in [0.15, 0.2) is 0 Å². The molecule has 0 radical (unpaired) electrons. The van der Waals surface area contributed by atoms with E-state index in [1.807, 2.05) is 18.2 Å². The summed E-state index contributed by atoms with van der Waals surface area (Å²) in [5, 5.41) is 9.50. The van der Waals surface area contributed by atoms with Crippen molar-refractivity contribution in [1.29, 1.82) is 0 Å². The molecule has 1 heterocycles. The van der Waals surface area contributed by atoms with Crippen molar-refractivity contribution in [1.82, 2.24) is 9.80 Å². The maximum Gasteiger partial charge on any atom is 0.303 e. The van der Waals surface area contributed by atoms with Gasteiger partial charge in [-0.3, -0.25) is 9.69 Å². The monoisotopic (exact) mass is 310 g/mol. The zero-order chi connectivity index (χ0) is 15.2. The van der Waals surface area contributed by atoms with Gasteiger partial charge in [0, 0.05) is 43.7 Å². The first-order valence-corrected chi connectivity index (χ1v) is 7.88. The second-order valence-electron chi connectivity index (χ2n) is 5.57. The van der Waals surface area contributed by atoms with Crippen molar-refractivity contribution >= 4 is 17.6 Å². The molecule has 1 N–H and O–H groups in total. The van der Waals surface area contributed by atoms with E-state index in [1.54, 1.807) is 0 Å². The van der Waals surface area contributed by atoms with Gasteiger partial charge in [0.05, 0.1) is 0 Å². The summed E-state index contributed by atoms with van der Waals surface area (Å²) in [6, 6.07) is 8.33. The predicted octanol–water partition coefficient (Wildman–Crippen LogP) is 2.88. The van der Waals surface area contributed by atoms with Crippen molar-refractivity contribution in [3.05, 3.63) is 34.9 Å². The number of carboxylic acid groups (broad SMARTS) is 1. The van der Waals surface area contributed by atoms with Crippen LogP contribution < -0.4 is 0 Å². The van der Waals surface area contributed by atoms with E-state index in [9.17, 15) is 4.79 Å². The molecule has 4 nitrogen and oxygen atoms in total. The van der Waals surface area contributed by atoms with Crippen molar-refractivity contribution in [2.24, 2.45) is 0 Å². The van der Waals surface area contributed by atoms with E-state index in [0.29, 0.717) is 6.04 Å². The van der Waals surface area contributed by atoms with E-state index in [-0.39, 0.29) is 6.42 Å². The van der Waals surface area contributed by atoms with Gasteiger partial charge in [0.2, 0.25) is 0 Å². The summed E-state index contributed by atoms with van der Waals surface area (Å²) in [5.41, 5.74) is 1.18. The number of rotatable bonds is 6. The standard InChI is InChI=1S/C16H23ClN2O2/c1-13(14-5-2-3-6-15(14)17)19-11-9-18(10-12-19)8-4-7-16(20)21/h2-3,5-6,13H,4,7-12H2,1H3,(H,20,21)/t13-/m1/s1. The highest BCUT2D eigenvalue weighted by Gasteiger charge is 2.22. The molecule has 5 heteroatoms. The summed E-state index contributed by atoms with van der Waals surface area (Å²) in [4.78, 5) is 15.3. The fourth-order valence-electron chi connectivity index (χ4n) is 2.84. The van der Waals surface area contributed by atoms with E-state index < -0.39 is 5.97 Å². The van der Waals surface area contributed by atoms with Gasteiger partial charge in [-0.05, 0) is 31.5 Å². The van der Waals surface area contributed by atoms with Crippen LogP contribution in [0.3, 0.4) is 0 Å². The Hall–Kier alpha value is -1.10. The molecule has 1 aliphatic rings. The molecule has 21 heavy (non-hydrogen) atoms. The van der Waals surface area contributed by atoms with Crippen LogP contribution in [0.1, 0.15) is 31.4 Å². The second-order valence-corrected chi connectivity index (χ2v) is 5.98. The van der Waals surface area contributed by atoms with Gasteiger partial charge in [-0.2, -0.15) is 0 Å². The lowest BCUT2D eigenvalue weighted by Gasteiger charge is -2.38. The number of nitrogens with zero attached hydrogens (tertiary/aromatic N) is 2. The Morgan fingerprint density at radius 3 is 2.57 bits per heavy atom. The van der Waals surface area contributed by atoms with Crippen LogP contribution in [-0.4, -0.2) is 53.6 Å². The van der Waals surface area contributed by atoms with Crippen molar-refractivity contribution in [2.75, 3.05) is 32.7 Å². The van der Waals surface area contributed by atoms with Crippen LogP contribution in [-0.2, 0) is 4.79 Å². The van der Waals surface area contributed by atoms with Gasteiger partial charge in [-0.1, -0.05) is 29.8 Å². The number of piperazine rings is 1. The van der Waals surface area contributed by atoms with Crippen molar-refractivity contribution < 1.29 is 9.90 Å². The minimum Gasteiger partial charge on any atom is -0.481 e. The fourth-order valence-corrected chi connectivity index (χ4v) is 3.13. The van der Waals surface area contributed by atoms with E-state index in [4.69, 9.17) is 16.7 Å². The topological polar surface area (TPSA) is 43.8 Å². The Labute approximate surface area is 131 Å². The molecule has 0 amide bonds. The first-order valence-electron chi connectivity index (χ1n) is 7.50. The molecular weight excluding hydrogens is 288 g/mol. The summed E-state index contributed by atoms with van der Waals surface area (Å²) in [6.45, 7) is 7.06. The maximum absolute atomic E-state index is 10.5. The highest BCUT2D eigenvalue weighted by atomic mass is 35.5. The van der Waals surface area contributed by atoms with E-state index >= 15 is 0 Å². The average molecular weight is 311 g/mol. The van der Waals surface area contributed by atoms with Crippen molar-refractivity contribution in [3.8, 4) is 0 Å². The summed E-state index contributed by atoms with van der Waals surface area (Å²) >= 11 is 6.27. The molecule has 0 spiro atoms. The third-order valence-corrected chi connectivity index (χ3v) is 4.52. The van der Waals surface area contributed by atoms with Gasteiger partial charge >= 0.3 is 5.97 Å². The van der Waals surface area contributed by atoms with Gasteiger partial charge in [-0.25, -0.2) is 0 Å². The Bertz CT molecular complexity index is 473. The van der Waals surface area contributed by atoms with E-state index in [2.05, 4.69) is 22.8 Å². The quantitative estimate of drug-likeness (QED) is 0.877. The molecule has 1 aliphatic heterocycles. The minimum atomic E-state index is -0.707. The van der Waals surface area contributed by atoms with Crippen LogP contribution in [0.4, 0.5) is 0 Å². The molecule has 1 aromatic carbocycles. The minimum absolute atomic E-state index is 0.260. The van der Waals surface area contributed by atoms with Crippen LogP contribution in [0, 0.1) is 0 Å². The molecule has 2 rings (SSSR count). The van der Waals surface area contributed by atoms with Crippen LogP contribution >= 0.6 is 11.6 Å². The molecule has 0 saturated carbocycles. The molecule has 0 aliphatic carbocycles. The summed E-state index contributed by atoms with van der Waals surface area (Å²) in [7, 11) is 0. The molecule has 0 bridgehead atoms. The molecule has 0 unspecified atom stereocenters. The van der Waals surface area contributed by atoms with Crippen LogP contribution in [0.5, 0.6) is 0 Å². The lowest BCUT2D eigenvalue weighted by Crippen LogP contribution is -2.47. The van der Waals surface area contributed by atoms with Crippen LogP contribution in [0.2, 0.25) is 5.02 Å². The Balaban J connectivity index is 1.81. The molecule has 1 saturated heterocycles. The largest absolute Gasteiger partial charge is 0.481 e. The number of hydrogen-bond acceptors (Lipinski definition) is 3. The normalized spacial score (nSPS) is 18.6. The number of halogens is 1. The second kappa shape index (κ2) is 7.78. The van der Waals surface area contributed by atoms with Crippen molar-refractivity contribution in [3.63, 3.8) is 0 Å². The van der Waals surface area contributed by atoms with Crippen molar-refractivity contribution in [2.45, 2.75) is 25.8 Å². The maximum atomic E-state index is 10.5. The lowest BCUT2D eigenvalue weighted by molar-refractivity contribution is -0.137. The predicted molar refractivity (Wildman–Crippen MR) is 84.7 cm³/mol. The summed E-state index contributed by atoms with van der Waals surface area (Å²) < 4.78 is 0. The van der Waals surface area contributed by atoms with E-state index in [1.165, 1.54) is 5.56 Å². The number of hydrogen-bond donors (Lipinski definition) is 1. The van der Waals surface area contributed by atoms with Crippen LogP contribution in [0.15, 0.2) is 24.3 Å². The third-order valence-electron chi connectivity index (χ3n) is 4.17. The first-order chi connectivity index (χ1) is 10.1. The van der Waals surface area contributed by atoms with Gasteiger partial charge in [0.25, 0.3) is 0 Å². The van der Waals surface area contributed by atoms with E-state index in [0.717, 1.165) is 44.2 Å². The molecular formula is C16H23ClN2O2. The molecule has 1 aromatic rings. The SMILES string of the molecule is C[C@H](c1ccccc1Cl)N1CCN(CCCC(=O)O)CC1. The smallest absolute Gasteiger partial charge is 0.303 e. The summed E-state index contributed by atoms with van der Waals surface area (Å²) in [6.07, 6.45) is 0.992. The Kier molecular flexibility index (Phi) is 6.03.